The Hall–Kier alpha value is -1.81. The van der Waals surface area contributed by atoms with Gasteiger partial charge in [-0.25, -0.2) is 4.98 Å². The molecule has 1 N–H and O–H groups in total. The number of aryl methyl sites for hydroxylation is 1. The summed E-state index contributed by atoms with van der Waals surface area (Å²) in [5.74, 6) is -4.41. The Morgan fingerprint density at radius 3 is 2.32 bits per heavy atom. The summed E-state index contributed by atoms with van der Waals surface area (Å²) in [6, 6.07) is 5.66. The predicted molar refractivity (Wildman–Crippen MR) is 81.1 cm³/mol. The van der Waals surface area contributed by atoms with Crippen molar-refractivity contribution in [2.75, 3.05) is 5.32 Å². The van der Waals surface area contributed by atoms with Crippen molar-refractivity contribution in [3.63, 3.8) is 0 Å². The molecule has 0 bridgehead atoms. The Balaban J connectivity index is 2.32. The minimum Gasteiger partial charge on any atom is -0.298 e. The Labute approximate surface area is 146 Å². The molecule has 2 rings (SSSR count). The van der Waals surface area contributed by atoms with E-state index in [1.165, 1.54) is 24.3 Å². The smallest absolute Gasteiger partial charge is 0.298 e. The largest absolute Gasteiger partial charge is 0.405 e. The van der Waals surface area contributed by atoms with E-state index in [9.17, 15) is 31.1 Å². The van der Waals surface area contributed by atoms with E-state index in [1.54, 1.807) is 0 Å². The number of nitrogens with one attached hydrogen (secondary N) is 1. The first kappa shape index (κ1) is 19.5. The highest BCUT2D eigenvalue weighted by atomic mass is 35.5. The fraction of sp³-hybridized carbons (Fsp3) is 0.286. The predicted octanol–water partition coefficient (Wildman–Crippen LogP) is 5.57. The van der Waals surface area contributed by atoms with E-state index in [1.807, 2.05) is 0 Å². The van der Waals surface area contributed by atoms with Gasteiger partial charge in [-0.1, -0.05) is 17.7 Å². The molecular weight excluding hydrogens is 394 g/mol. The number of rotatable bonds is 3. The van der Waals surface area contributed by atoms with E-state index in [2.05, 4.69) is 10.3 Å². The molecular formula is C14H9ClF6N2OS. The maximum Gasteiger partial charge on any atom is 0.405 e. The number of hydrogen-bond acceptors (Lipinski definition) is 3. The quantitative estimate of drug-likeness (QED) is 0.682. The van der Waals surface area contributed by atoms with Crippen LogP contribution in [-0.4, -0.2) is 23.2 Å². The van der Waals surface area contributed by atoms with Gasteiger partial charge in [-0.05, 0) is 25.1 Å². The lowest BCUT2D eigenvalue weighted by Crippen LogP contribution is -2.33. The van der Waals surface area contributed by atoms with E-state index in [-0.39, 0.29) is 27.1 Å². The standard InChI is InChI=1S/C14H9ClF6N2OS/c1-6-9(10(13(16,17)18)14(19,20)21)25-12(22-6)23-11(24)7-3-2-4-8(15)5-7/h2-5,10H,1H3,(H,22,23,24). The molecule has 2 aromatic rings. The van der Waals surface area contributed by atoms with Gasteiger partial charge < -0.3 is 0 Å². The van der Waals surface area contributed by atoms with Crippen LogP contribution in [0.1, 0.15) is 26.8 Å². The molecule has 0 unspecified atom stereocenters. The van der Waals surface area contributed by atoms with Crippen molar-refractivity contribution in [3.8, 4) is 0 Å². The maximum atomic E-state index is 12.8. The lowest BCUT2D eigenvalue weighted by atomic mass is 10.1. The van der Waals surface area contributed by atoms with Crippen molar-refractivity contribution in [2.45, 2.75) is 25.2 Å². The third-order valence-corrected chi connectivity index (χ3v) is 4.43. The average Bonchev–Trinajstić information content (AvgIpc) is 2.75. The highest BCUT2D eigenvalue weighted by molar-refractivity contribution is 7.16. The molecule has 0 saturated heterocycles. The second-order valence-corrected chi connectivity index (χ2v) is 6.42. The van der Waals surface area contributed by atoms with Gasteiger partial charge in [0, 0.05) is 10.6 Å². The number of nitrogens with zero attached hydrogens (tertiary/aromatic N) is 1. The minimum atomic E-state index is -5.52. The first-order valence-corrected chi connectivity index (χ1v) is 7.76. The summed E-state index contributed by atoms with van der Waals surface area (Å²) in [4.78, 5) is 14.6. The zero-order valence-corrected chi connectivity index (χ0v) is 13.9. The van der Waals surface area contributed by atoms with Crippen LogP contribution >= 0.6 is 22.9 Å². The first-order valence-electron chi connectivity index (χ1n) is 6.57. The van der Waals surface area contributed by atoms with Crippen LogP contribution in [0.2, 0.25) is 5.02 Å². The number of amides is 1. The fourth-order valence-corrected chi connectivity index (χ4v) is 3.31. The number of thiazole rings is 1. The molecule has 3 nitrogen and oxygen atoms in total. The monoisotopic (exact) mass is 402 g/mol. The van der Waals surface area contributed by atoms with Crippen LogP contribution in [0.25, 0.3) is 0 Å². The molecule has 0 saturated carbocycles. The highest BCUT2D eigenvalue weighted by Crippen LogP contribution is 2.49. The van der Waals surface area contributed by atoms with Crippen LogP contribution in [0.5, 0.6) is 0 Å². The first-order chi connectivity index (χ1) is 11.4. The van der Waals surface area contributed by atoms with Gasteiger partial charge in [-0.15, -0.1) is 11.3 Å². The zero-order valence-electron chi connectivity index (χ0n) is 12.3. The molecule has 1 aromatic heterocycles. The van der Waals surface area contributed by atoms with Crippen LogP contribution < -0.4 is 5.32 Å². The molecule has 0 spiro atoms. The van der Waals surface area contributed by atoms with Gasteiger partial charge in [0.25, 0.3) is 5.91 Å². The van der Waals surface area contributed by atoms with Crippen molar-refractivity contribution >= 4 is 34.0 Å². The third-order valence-electron chi connectivity index (χ3n) is 3.06. The number of benzene rings is 1. The van der Waals surface area contributed by atoms with Gasteiger partial charge in [0.2, 0.25) is 0 Å². The molecule has 1 amide bonds. The lowest BCUT2D eigenvalue weighted by molar-refractivity contribution is -0.252. The normalized spacial score (nSPS) is 12.5. The summed E-state index contributed by atoms with van der Waals surface area (Å²) in [6.07, 6.45) is -11.0. The molecule has 0 fully saturated rings. The molecule has 0 radical (unpaired) electrons. The van der Waals surface area contributed by atoms with Crippen molar-refractivity contribution in [3.05, 3.63) is 45.4 Å². The van der Waals surface area contributed by atoms with Crippen molar-refractivity contribution in [1.29, 1.82) is 0 Å². The van der Waals surface area contributed by atoms with Crippen LogP contribution in [0.3, 0.4) is 0 Å². The van der Waals surface area contributed by atoms with Gasteiger partial charge in [0.15, 0.2) is 11.0 Å². The topological polar surface area (TPSA) is 42.0 Å². The van der Waals surface area contributed by atoms with Crippen LogP contribution in [0, 0.1) is 6.92 Å². The second-order valence-electron chi connectivity index (χ2n) is 4.95. The van der Waals surface area contributed by atoms with Crippen molar-refractivity contribution in [1.82, 2.24) is 4.98 Å². The van der Waals surface area contributed by atoms with Crippen LogP contribution in [-0.2, 0) is 0 Å². The summed E-state index contributed by atoms with van der Waals surface area (Å²) >= 11 is 5.85. The number of alkyl halides is 6. The molecule has 0 aliphatic carbocycles. The molecule has 0 aliphatic rings. The van der Waals surface area contributed by atoms with Gasteiger partial charge in [-0.3, -0.25) is 10.1 Å². The van der Waals surface area contributed by atoms with E-state index in [0.29, 0.717) is 0 Å². The van der Waals surface area contributed by atoms with Gasteiger partial charge >= 0.3 is 12.4 Å². The van der Waals surface area contributed by atoms with Gasteiger partial charge in [-0.2, -0.15) is 26.3 Å². The van der Waals surface area contributed by atoms with Crippen LogP contribution in [0.4, 0.5) is 31.5 Å². The van der Waals surface area contributed by atoms with E-state index in [0.717, 1.165) is 6.92 Å². The summed E-state index contributed by atoms with van der Waals surface area (Å²) in [6.45, 7) is 1.02. The molecule has 0 atom stereocenters. The molecule has 11 heteroatoms. The van der Waals surface area contributed by atoms with E-state index < -0.39 is 34.7 Å². The molecule has 136 valence electrons. The Morgan fingerprint density at radius 2 is 1.80 bits per heavy atom. The van der Waals surface area contributed by atoms with Crippen molar-refractivity contribution in [2.24, 2.45) is 0 Å². The molecule has 1 aromatic carbocycles. The summed E-state index contributed by atoms with van der Waals surface area (Å²) in [7, 11) is 0. The third kappa shape index (κ3) is 4.63. The Bertz CT molecular complexity index is 772. The Kier molecular flexibility index (Phi) is 5.33. The number of halogens is 7. The van der Waals surface area contributed by atoms with Crippen molar-refractivity contribution < 1.29 is 31.1 Å². The molecule has 25 heavy (non-hydrogen) atoms. The van der Waals surface area contributed by atoms with Gasteiger partial charge in [0.1, 0.15) is 0 Å². The number of aromatic nitrogens is 1. The van der Waals surface area contributed by atoms with Gasteiger partial charge in [0.05, 0.1) is 10.6 Å². The zero-order chi connectivity index (χ0) is 19.0. The lowest BCUT2D eigenvalue weighted by Gasteiger charge is -2.22. The summed E-state index contributed by atoms with van der Waals surface area (Å²) in [5, 5.41) is 2.06. The minimum absolute atomic E-state index is 0.0881. The van der Waals surface area contributed by atoms with Crippen LogP contribution in [0.15, 0.2) is 24.3 Å². The number of carbonyl (C=O) groups excluding carboxylic acids is 1. The number of hydrogen-bond donors (Lipinski definition) is 1. The van der Waals surface area contributed by atoms with E-state index in [4.69, 9.17) is 11.6 Å². The number of anilines is 1. The number of carbonyl (C=O) groups is 1. The summed E-state index contributed by atoms with van der Waals surface area (Å²) in [5.41, 5.74) is -0.365. The highest BCUT2D eigenvalue weighted by Gasteiger charge is 2.59. The molecule has 1 heterocycles. The average molecular weight is 403 g/mol. The maximum absolute atomic E-state index is 12.8. The SMILES string of the molecule is Cc1nc(NC(=O)c2cccc(Cl)c2)sc1C(C(F)(F)F)C(F)(F)F. The fourth-order valence-electron chi connectivity index (χ4n) is 2.01. The van der Waals surface area contributed by atoms with E-state index >= 15 is 0 Å². The second kappa shape index (κ2) is 6.83. The molecule has 0 aliphatic heterocycles. The summed E-state index contributed by atoms with van der Waals surface area (Å²) < 4.78 is 76.9. The Morgan fingerprint density at radius 1 is 1.20 bits per heavy atom.